The highest BCUT2D eigenvalue weighted by Crippen LogP contribution is 2.36. The van der Waals surface area contributed by atoms with Crippen LogP contribution in [0.2, 0.25) is 0 Å². The third-order valence-corrected chi connectivity index (χ3v) is 4.13. The van der Waals surface area contributed by atoms with E-state index >= 15 is 0 Å². The topological polar surface area (TPSA) is 78.6 Å². The molecule has 0 unspecified atom stereocenters. The summed E-state index contributed by atoms with van der Waals surface area (Å²) in [6.45, 7) is 3.12. The number of nitrogens with two attached hydrogens (primary N) is 1. The smallest absolute Gasteiger partial charge is 0.175 e. The van der Waals surface area contributed by atoms with Crippen molar-refractivity contribution in [3.8, 4) is 11.5 Å². The lowest BCUT2D eigenvalue weighted by atomic mass is 10.2. The minimum Gasteiger partial charge on any atom is -0.490 e. The second-order valence-corrected chi connectivity index (χ2v) is 7.49. The van der Waals surface area contributed by atoms with Crippen molar-refractivity contribution in [2.24, 2.45) is 5.73 Å². The van der Waals surface area contributed by atoms with Crippen molar-refractivity contribution in [2.45, 2.75) is 19.9 Å². The van der Waals surface area contributed by atoms with Gasteiger partial charge in [-0.3, -0.25) is 0 Å². The Morgan fingerprint density at radius 2 is 2.00 bits per heavy atom. The van der Waals surface area contributed by atoms with Gasteiger partial charge in [0.05, 0.1) is 23.4 Å². The molecular weight excluding hydrogens is 346 g/mol. The molecule has 0 fully saturated rings. The molecule has 2 N–H and O–H groups in total. The van der Waals surface area contributed by atoms with Crippen molar-refractivity contribution < 1.29 is 17.9 Å². The molecule has 20 heavy (non-hydrogen) atoms. The Balaban J connectivity index is 2.77. The van der Waals surface area contributed by atoms with E-state index in [2.05, 4.69) is 15.9 Å². The van der Waals surface area contributed by atoms with E-state index in [9.17, 15) is 8.42 Å². The fraction of sp³-hybridized carbons (Fsp3) is 0.538. The Kier molecular flexibility index (Phi) is 6.78. The van der Waals surface area contributed by atoms with Crippen LogP contribution in [0.1, 0.15) is 18.9 Å². The predicted octanol–water partition coefficient (Wildman–Crippen LogP) is 2.12. The Labute approximate surface area is 128 Å². The summed E-state index contributed by atoms with van der Waals surface area (Å²) in [5.74, 6) is 1.30. The van der Waals surface area contributed by atoms with Crippen LogP contribution in [0.15, 0.2) is 16.6 Å². The first-order chi connectivity index (χ1) is 9.37. The van der Waals surface area contributed by atoms with Gasteiger partial charge in [0.2, 0.25) is 0 Å². The van der Waals surface area contributed by atoms with Crippen LogP contribution in [0, 0.1) is 0 Å². The number of ether oxygens (including phenoxy) is 2. The number of benzene rings is 1. The number of halogens is 1. The first-order valence-electron chi connectivity index (χ1n) is 6.33. The van der Waals surface area contributed by atoms with E-state index in [1.165, 1.54) is 6.26 Å². The molecule has 0 atom stereocenters. The van der Waals surface area contributed by atoms with E-state index in [4.69, 9.17) is 15.2 Å². The molecule has 0 amide bonds. The Morgan fingerprint density at radius 1 is 1.30 bits per heavy atom. The zero-order valence-corrected chi connectivity index (χ0v) is 14.1. The molecule has 1 aromatic rings. The van der Waals surface area contributed by atoms with E-state index in [-0.39, 0.29) is 5.75 Å². The molecule has 1 aromatic carbocycles. The number of rotatable bonds is 8. The second kappa shape index (κ2) is 7.85. The molecule has 0 heterocycles. The lowest BCUT2D eigenvalue weighted by molar-refractivity contribution is 0.275. The summed E-state index contributed by atoms with van der Waals surface area (Å²) in [5, 5.41) is 0. The highest BCUT2D eigenvalue weighted by Gasteiger charge is 2.12. The van der Waals surface area contributed by atoms with E-state index in [0.717, 1.165) is 10.0 Å². The van der Waals surface area contributed by atoms with Crippen LogP contribution in [-0.2, 0) is 16.4 Å². The number of hydrogen-bond acceptors (Lipinski definition) is 5. The minimum absolute atomic E-state index is 0.107. The first-order valence-corrected chi connectivity index (χ1v) is 9.18. The molecule has 114 valence electrons. The summed E-state index contributed by atoms with van der Waals surface area (Å²) in [5.41, 5.74) is 6.55. The third-order valence-electron chi connectivity index (χ3n) is 2.51. The zero-order valence-electron chi connectivity index (χ0n) is 11.7. The summed E-state index contributed by atoms with van der Waals surface area (Å²) in [6.07, 6.45) is 1.65. The zero-order chi connectivity index (χ0) is 15.2. The molecule has 0 aliphatic carbocycles. The van der Waals surface area contributed by atoms with Crippen molar-refractivity contribution in [3.63, 3.8) is 0 Å². The summed E-state index contributed by atoms with van der Waals surface area (Å²) in [7, 11) is -2.96. The van der Waals surface area contributed by atoms with Gasteiger partial charge >= 0.3 is 0 Å². The molecule has 5 nitrogen and oxygen atoms in total. The van der Waals surface area contributed by atoms with Crippen LogP contribution in [0.25, 0.3) is 0 Å². The minimum atomic E-state index is -2.96. The maximum absolute atomic E-state index is 11.1. The average molecular weight is 366 g/mol. The quantitative estimate of drug-likeness (QED) is 0.713. The van der Waals surface area contributed by atoms with Crippen molar-refractivity contribution >= 4 is 25.8 Å². The van der Waals surface area contributed by atoms with Gasteiger partial charge in [-0.15, -0.1) is 0 Å². The maximum Gasteiger partial charge on any atom is 0.175 e. The summed E-state index contributed by atoms with van der Waals surface area (Å²) in [4.78, 5) is 0. The summed E-state index contributed by atoms with van der Waals surface area (Å²) in [6, 6.07) is 3.70. The van der Waals surface area contributed by atoms with Crippen LogP contribution in [0.4, 0.5) is 0 Å². The lowest BCUT2D eigenvalue weighted by Crippen LogP contribution is -2.09. The summed E-state index contributed by atoms with van der Waals surface area (Å²) < 4.78 is 34.0. The van der Waals surface area contributed by atoms with Crippen molar-refractivity contribution in [1.29, 1.82) is 0 Å². The molecule has 0 aromatic heterocycles. The van der Waals surface area contributed by atoms with E-state index < -0.39 is 9.84 Å². The Bertz CT molecular complexity index is 546. The van der Waals surface area contributed by atoms with Gasteiger partial charge in [0.1, 0.15) is 9.84 Å². The van der Waals surface area contributed by atoms with E-state index in [1.807, 2.05) is 19.1 Å². The number of hydrogen-bond donors (Lipinski definition) is 1. The molecule has 0 spiro atoms. The van der Waals surface area contributed by atoms with Gasteiger partial charge in [-0.2, -0.15) is 0 Å². The van der Waals surface area contributed by atoms with Gasteiger partial charge in [0.15, 0.2) is 11.5 Å². The third kappa shape index (κ3) is 5.68. The van der Waals surface area contributed by atoms with Gasteiger partial charge in [-0.1, -0.05) is 0 Å². The average Bonchev–Trinajstić information content (AvgIpc) is 2.35. The van der Waals surface area contributed by atoms with E-state index in [1.54, 1.807) is 0 Å². The SMILES string of the molecule is CCOc1cc(CN)cc(Br)c1OCCCS(C)(=O)=O. The molecule has 0 aliphatic heterocycles. The van der Waals surface area contributed by atoms with Gasteiger partial charge in [-0.25, -0.2) is 8.42 Å². The first kappa shape index (κ1) is 17.3. The Hall–Kier alpha value is -0.790. The molecule has 7 heteroatoms. The molecule has 0 saturated heterocycles. The van der Waals surface area contributed by atoms with Crippen molar-refractivity contribution in [2.75, 3.05) is 25.2 Å². The fourth-order valence-electron chi connectivity index (χ4n) is 1.64. The lowest BCUT2D eigenvalue weighted by Gasteiger charge is -2.15. The van der Waals surface area contributed by atoms with Gasteiger partial charge < -0.3 is 15.2 Å². The largest absolute Gasteiger partial charge is 0.490 e. The van der Waals surface area contributed by atoms with Gasteiger partial charge in [0.25, 0.3) is 0 Å². The highest BCUT2D eigenvalue weighted by molar-refractivity contribution is 9.10. The predicted molar refractivity (Wildman–Crippen MR) is 83.0 cm³/mol. The highest BCUT2D eigenvalue weighted by atomic mass is 79.9. The second-order valence-electron chi connectivity index (χ2n) is 4.37. The van der Waals surface area contributed by atoms with Gasteiger partial charge in [0, 0.05) is 12.8 Å². The van der Waals surface area contributed by atoms with E-state index in [0.29, 0.717) is 37.7 Å². The Morgan fingerprint density at radius 3 is 2.55 bits per heavy atom. The van der Waals surface area contributed by atoms with Gasteiger partial charge in [-0.05, 0) is 47.0 Å². The van der Waals surface area contributed by atoms with Crippen LogP contribution >= 0.6 is 15.9 Å². The van der Waals surface area contributed by atoms with Crippen LogP contribution in [0.3, 0.4) is 0 Å². The molecule has 0 bridgehead atoms. The fourth-order valence-corrected chi connectivity index (χ4v) is 2.88. The maximum atomic E-state index is 11.1. The van der Waals surface area contributed by atoms with Crippen LogP contribution in [0.5, 0.6) is 11.5 Å². The van der Waals surface area contributed by atoms with Crippen LogP contribution < -0.4 is 15.2 Å². The van der Waals surface area contributed by atoms with Crippen molar-refractivity contribution in [1.82, 2.24) is 0 Å². The normalized spacial score (nSPS) is 11.4. The molecule has 0 aliphatic rings. The summed E-state index contributed by atoms with van der Waals surface area (Å²) >= 11 is 3.42. The van der Waals surface area contributed by atoms with Crippen LogP contribution in [-0.4, -0.2) is 33.6 Å². The molecule has 0 radical (unpaired) electrons. The standard InChI is InChI=1S/C13H20BrNO4S/c1-3-18-12-8-10(9-15)7-11(14)13(12)19-5-4-6-20(2,16)17/h7-8H,3-6,9,15H2,1-2H3. The molecule has 1 rings (SSSR count). The molecule has 0 saturated carbocycles. The number of sulfone groups is 1. The van der Waals surface area contributed by atoms with Crippen molar-refractivity contribution in [3.05, 3.63) is 22.2 Å². The molecular formula is C13H20BrNO4S. The monoisotopic (exact) mass is 365 g/mol.